The lowest BCUT2D eigenvalue weighted by Crippen LogP contribution is -2.44. The number of allylic oxidation sites excluding steroid dienone is 1. The van der Waals surface area contributed by atoms with Gasteiger partial charge >= 0.3 is 0 Å². The van der Waals surface area contributed by atoms with Gasteiger partial charge in [-0.25, -0.2) is 17.6 Å². The van der Waals surface area contributed by atoms with Crippen LogP contribution in [0.4, 0.5) is 17.6 Å². The second-order valence-corrected chi connectivity index (χ2v) is 6.34. The van der Waals surface area contributed by atoms with E-state index in [0.29, 0.717) is 12.1 Å². The van der Waals surface area contributed by atoms with Crippen LogP contribution in [0.3, 0.4) is 0 Å². The molecule has 0 amide bonds. The number of nitrogens with zero attached hydrogens (tertiary/aromatic N) is 2. The predicted molar refractivity (Wildman–Crippen MR) is 93.0 cm³/mol. The van der Waals surface area contributed by atoms with E-state index in [1.807, 2.05) is 0 Å². The zero-order valence-electron chi connectivity index (χ0n) is 14.5. The Balaban J connectivity index is 1.84. The fraction of sp³-hybridized carbons (Fsp3) is 0.444. The summed E-state index contributed by atoms with van der Waals surface area (Å²) in [5.74, 6) is -1.64. The predicted octanol–water partition coefficient (Wildman–Crippen LogP) is 3.68. The van der Waals surface area contributed by atoms with Gasteiger partial charge < -0.3 is 4.90 Å². The van der Waals surface area contributed by atoms with Gasteiger partial charge in [0.2, 0.25) is 0 Å². The number of likely N-dealkylation sites (N-methyl/N-ethyl adjacent to an activating group) is 1. The Morgan fingerprint density at radius 1 is 1.19 bits per heavy atom. The molecule has 1 aliphatic rings. The van der Waals surface area contributed by atoms with E-state index >= 15 is 0 Å². The van der Waals surface area contributed by atoms with E-state index in [2.05, 4.69) is 4.90 Å². The van der Waals surface area contributed by atoms with E-state index in [1.165, 1.54) is 12.1 Å². The van der Waals surface area contributed by atoms with E-state index in [1.54, 1.807) is 18.0 Å². The van der Waals surface area contributed by atoms with Crippen molar-refractivity contribution in [2.45, 2.75) is 31.9 Å². The molecule has 0 saturated carbocycles. The number of rotatable bonds is 6. The molecule has 26 heavy (non-hydrogen) atoms. The quantitative estimate of drug-likeness (QED) is 0.456. The van der Waals surface area contributed by atoms with Crippen molar-refractivity contribution in [2.24, 2.45) is 0 Å². The Morgan fingerprint density at radius 3 is 2.42 bits per heavy atom. The largest absolute Gasteiger partial charge is 0.357 e. The zero-order valence-corrected chi connectivity index (χ0v) is 14.5. The molecule has 2 rings (SSSR count). The first-order valence-electron chi connectivity index (χ1n) is 8.30. The molecule has 1 aromatic rings. The summed E-state index contributed by atoms with van der Waals surface area (Å²) < 4.78 is 50.8. The van der Waals surface area contributed by atoms with Crippen molar-refractivity contribution in [3.63, 3.8) is 0 Å². The molecule has 142 valence electrons. The molecule has 1 saturated heterocycles. The molecule has 0 aromatic heterocycles. The molecule has 0 atom stereocenters. The minimum atomic E-state index is -2.84. The summed E-state index contributed by atoms with van der Waals surface area (Å²) in [6, 6.07) is 3.98. The minimum absolute atomic E-state index is 0.0782. The first-order chi connectivity index (χ1) is 12.3. The second kappa shape index (κ2) is 8.93. The molecule has 1 heterocycles. The Hall–Kier alpha value is -2.22. The topological polar surface area (TPSA) is 54.2 Å². The van der Waals surface area contributed by atoms with Crippen LogP contribution in [-0.4, -0.2) is 54.0 Å². The number of amidine groups is 1. The summed E-state index contributed by atoms with van der Waals surface area (Å²) in [4.78, 5) is 3.84. The smallest absolute Gasteiger partial charge is 0.279 e. The number of hydrogen-bond acceptors (Lipinski definition) is 3. The lowest BCUT2D eigenvalue weighted by Gasteiger charge is -2.37. The Bertz CT molecular complexity index is 682. The fourth-order valence-corrected chi connectivity index (χ4v) is 2.92. The number of benzene rings is 1. The summed E-state index contributed by atoms with van der Waals surface area (Å²) in [6.45, 7) is 1.99. The molecule has 0 unspecified atom stereocenters. The molecule has 8 heteroatoms. The van der Waals surface area contributed by atoms with Crippen LogP contribution in [0.1, 0.15) is 18.4 Å². The van der Waals surface area contributed by atoms with Crippen LogP contribution in [-0.2, 0) is 6.54 Å². The summed E-state index contributed by atoms with van der Waals surface area (Å²) >= 11 is 0. The van der Waals surface area contributed by atoms with Crippen LogP contribution >= 0.6 is 0 Å². The van der Waals surface area contributed by atoms with Crippen molar-refractivity contribution >= 4 is 11.5 Å². The van der Waals surface area contributed by atoms with E-state index in [9.17, 15) is 17.6 Å². The van der Waals surface area contributed by atoms with Gasteiger partial charge in [-0.15, -0.1) is 0 Å². The summed E-state index contributed by atoms with van der Waals surface area (Å²) in [5, 5.41) is 15.0. The van der Waals surface area contributed by atoms with Gasteiger partial charge in [0.25, 0.3) is 6.43 Å². The van der Waals surface area contributed by atoms with Crippen molar-refractivity contribution in [1.29, 1.82) is 10.8 Å². The number of halogens is 4. The van der Waals surface area contributed by atoms with Gasteiger partial charge in [0.05, 0.1) is 5.71 Å². The van der Waals surface area contributed by atoms with Gasteiger partial charge in [-0.3, -0.25) is 15.7 Å². The molecular weight excluding hydrogens is 348 g/mol. The first-order valence-corrected chi connectivity index (χ1v) is 8.30. The second-order valence-electron chi connectivity index (χ2n) is 6.34. The Labute approximate surface area is 150 Å². The molecule has 0 bridgehead atoms. The van der Waals surface area contributed by atoms with E-state index < -0.39 is 23.8 Å². The Kier molecular flexibility index (Phi) is 6.90. The maximum Gasteiger partial charge on any atom is 0.279 e. The van der Waals surface area contributed by atoms with E-state index in [0.717, 1.165) is 38.1 Å². The average molecular weight is 370 g/mol. The highest BCUT2D eigenvalue weighted by molar-refractivity contribution is 6.01. The third-order valence-corrected chi connectivity index (χ3v) is 4.53. The van der Waals surface area contributed by atoms with Gasteiger partial charge in [-0.05, 0) is 42.7 Å². The van der Waals surface area contributed by atoms with Gasteiger partial charge in [-0.1, -0.05) is 6.07 Å². The van der Waals surface area contributed by atoms with Crippen LogP contribution in [0.25, 0.3) is 0 Å². The van der Waals surface area contributed by atoms with Crippen LogP contribution in [0.2, 0.25) is 0 Å². The molecule has 0 radical (unpaired) electrons. The lowest BCUT2D eigenvalue weighted by molar-refractivity contribution is 0.159. The number of piperidine rings is 1. The number of nitrogens with one attached hydrogen (secondary N) is 2. The van der Waals surface area contributed by atoms with Crippen molar-refractivity contribution in [3.05, 3.63) is 47.5 Å². The van der Waals surface area contributed by atoms with E-state index in [-0.39, 0.29) is 11.9 Å². The van der Waals surface area contributed by atoms with Crippen LogP contribution < -0.4 is 0 Å². The molecule has 1 aromatic carbocycles. The fourth-order valence-electron chi connectivity index (χ4n) is 2.92. The third kappa shape index (κ3) is 5.39. The lowest BCUT2D eigenvalue weighted by atomic mass is 10.0. The molecule has 1 aliphatic heterocycles. The number of likely N-dealkylation sites (tertiary alicyclic amines) is 1. The highest BCUT2D eigenvalue weighted by Gasteiger charge is 2.23. The van der Waals surface area contributed by atoms with Gasteiger partial charge in [0, 0.05) is 32.7 Å². The van der Waals surface area contributed by atoms with Gasteiger partial charge in [-0.2, -0.15) is 0 Å². The monoisotopic (exact) mass is 370 g/mol. The standard InChI is InChI=1S/C18H22F4N4/c1-25(17(24)5-4-16(23)18(21)22)13-6-8-26(9-7-13)11-12-2-3-14(19)15(20)10-12/h2-5,10,13,18,23-24H,6-9,11H2,1H3/b5-4-,23-16?,24-17?. The molecule has 0 spiro atoms. The maximum atomic E-state index is 13.3. The number of hydrogen-bond donors (Lipinski definition) is 2. The van der Waals surface area contributed by atoms with Crippen molar-refractivity contribution in [2.75, 3.05) is 20.1 Å². The normalized spacial score (nSPS) is 16.4. The summed E-state index contributed by atoms with van der Waals surface area (Å²) in [6.07, 6.45) is 0.846. The first kappa shape index (κ1) is 20.1. The molecule has 4 nitrogen and oxygen atoms in total. The minimum Gasteiger partial charge on any atom is -0.357 e. The summed E-state index contributed by atoms with van der Waals surface area (Å²) in [5.41, 5.74) is -0.110. The van der Waals surface area contributed by atoms with Crippen LogP contribution in [0.5, 0.6) is 0 Å². The molecule has 0 aliphatic carbocycles. The SMILES string of the molecule is CN(C(=N)/C=C\C(=N)C(F)F)C1CCN(Cc2ccc(F)c(F)c2)CC1. The Morgan fingerprint density at radius 2 is 1.85 bits per heavy atom. The maximum absolute atomic E-state index is 13.3. The third-order valence-electron chi connectivity index (χ3n) is 4.53. The zero-order chi connectivity index (χ0) is 19.3. The highest BCUT2D eigenvalue weighted by Crippen LogP contribution is 2.19. The van der Waals surface area contributed by atoms with Crippen LogP contribution in [0, 0.1) is 22.5 Å². The molecule has 2 N–H and O–H groups in total. The summed E-state index contributed by atoms with van der Waals surface area (Å²) in [7, 11) is 1.73. The number of alkyl halides is 2. The van der Waals surface area contributed by atoms with Gasteiger partial charge in [0.15, 0.2) is 11.6 Å². The van der Waals surface area contributed by atoms with Crippen molar-refractivity contribution in [3.8, 4) is 0 Å². The molecular formula is C18H22F4N4. The van der Waals surface area contributed by atoms with E-state index in [4.69, 9.17) is 10.8 Å². The average Bonchev–Trinajstić information content (AvgIpc) is 2.62. The van der Waals surface area contributed by atoms with Crippen molar-refractivity contribution < 1.29 is 17.6 Å². The van der Waals surface area contributed by atoms with Crippen LogP contribution in [0.15, 0.2) is 30.4 Å². The molecule has 1 fully saturated rings. The van der Waals surface area contributed by atoms with Crippen molar-refractivity contribution in [1.82, 2.24) is 9.80 Å². The van der Waals surface area contributed by atoms with Gasteiger partial charge in [0.1, 0.15) is 5.84 Å². The highest BCUT2D eigenvalue weighted by atomic mass is 19.3.